The molecule has 0 aromatic heterocycles. The van der Waals surface area contributed by atoms with E-state index >= 15 is 0 Å². The van der Waals surface area contributed by atoms with Crippen LogP contribution in [0.3, 0.4) is 0 Å². The fourth-order valence-electron chi connectivity index (χ4n) is 0.500. The summed E-state index contributed by atoms with van der Waals surface area (Å²) in [6, 6.07) is 0. The molecule has 0 rings (SSSR count). The molecule has 50 valence electrons. The van der Waals surface area contributed by atoms with Crippen molar-refractivity contribution in [3.8, 4) is 0 Å². The van der Waals surface area contributed by atoms with Crippen molar-refractivity contribution in [1.29, 1.82) is 0 Å². The Balaban J connectivity index is 3.11. The third-order valence-electron chi connectivity index (χ3n) is 1.12. The Labute approximate surface area is 54.8 Å². The summed E-state index contributed by atoms with van der Waals surface area (Å²) in [5, 5.41) is 0. The minimum Gasteiger partial charge on any atom is -0.125 e. The second-order valence-electron chi connectivity index (χ2n) is 3.41. The van der Waals surface area contributed by atoms with Crippen LogP contribution in [0.25, 0.3) is 0 Å². The first-order valence-corrected chi connectivity index (χ1v) is 4.91. The van der Waals surface area contributed by atoms with E-state index in [9.17, 15) is 0 Å². The van der Waals surface area contributed by atoms with Gasteiger partial charge in [0.2, 0.25) is 0 Å². The molecule has 0 heterocycles. The molecule has 0 fully saturated rings. The van der Waals surface area contributed by atoms with Crippen LogP contribution in [0, 0.1) is 5.41 Å². The van der Waals surface area contributed by atoms with Gasteiger partial charge in [-0.3, -0.25) is 0 Å². The summed E-state index contributed by atoms with van der Waals surface area (Å²) in [4.78, 5) is 0. The average molecular weight is 132 g/mol. The van der Waals surface area contributed by atoms with Crippen LogP contribution in [-0.4, -0.2) is 12.8 Å². The highest BCUT2D eigenvalue weighted by molar-refractivity contribution is 7.36. The van der Waals surface area contributed by atoms with Gasteiger partial charge in [-0.1, -0.05) is 20.8 Å². The van der Waals surface area contributed by atoms with Crippen molar-refractivity contribution in [3.63, 3.8) is 0 Å². The fraction of sp³-hybridized carbons (Fsp3) is 1.00. The van der Waals surface area contributed by atoms with Crippen molar-refractivity contribution in [1.82, 2.24) is 0 Å². The Morgan fingerprint density at radius 3 is 1.88 bits per heavy atom. The SMILES string of the molecule is CPCCC(C)(C)C. The summed E-state index contributed by atoms with van der Waals surface area (Å²) in [5.41, 5.74) is 0.559. The topological polar surface area (TPSA) is 0 Å². The van der Waals surface area contributed by atoms with Crippen LogP contribution >= 0.6 is 8.58 Å². The molecule has 0 N–H and O–H groups in total. The second kappa shape index (κ2) is 3.45. The van der Waals surface area contributed by atoms with Gasteiger partial charge in [-0.25, -0.2) is 0 Å². The predicted octanol–water partition coefficient (Wildman–Crippen LogP) is 2.73. The third-order valence-corrected chi connectivity index (χ3v) is 1.87. The van der Waals surface area contributed by atoms with Gasteiger partial charge in [0.15, 0.2) is 0 Å². The summed E-state index contributed by atoms with van der Waals surface area (Å²) in [7, 11) is 1.13. The minimum atomic E-state index is 0.559. The molecule has 0 aliphatic carbocycles. The summed E-state index contributed by atoms with van der Waals surface area (Å²) < 4.78 is 0. The van der Waals surface area contributed by atoms with E-state index in [1.807, 2.05) is 0 Å². The van der Waals surface area contributed by atoms with Gasteiger partial charge >= 0.3 is 0 Å². The smallest absolute Gasteiger partial charge is 0.0351 e. The normalized spacial score (nSPS) is 13.5. The summed E-state index contributed by atoms with van der Waals surface area (Å²) >= 11 is 0. The molecule has 0 saturated heterocycles. The standard InChI is InChI=1S/C7H17P/c1-7(2,3)5-6-8-4/h8H,5-6H2,1-4H3. The van der Waals surface area contributed by atoms with Crippen molar-refractivity contribution in [2.24, 2.45) is 5.41 Å². The first-order valence-electron chi connectivity index (χ1n) is 3.21. The van der Waals surface area contributed by atoms with Crippen molar-refractivity contribution >= 4 is 8.58 Å². The predicted molar refractivity (Wildman–Crippen MR) is 43.2 cm³/mol. The zero-order valence-corrected chi connectivity index (χ0v) is 7.41. The minimum absolute atomic E-state index is 0.559. The largest absolute Gasteiger partial charge is 0.125 e. The van der Waals surface area contributed by atoms with Crippen LogP contribution in [0.1, 0.15) is 27.2 Å². The molecule has 0 radical (unpaired) electrons. The maximum atomic E-state index is 2.30. The average Bonchev–Trinajstić information content (AvgIpc) is 1.59. The van der Waals surface area contributed by atoms with Crippen LogP contribution in [0.2, 0.25) is 0 Å². The Kier molecular flexibility index (Phi) is 3.64. The lowest BCUT2D eigenvalue weighted by atomic mass is 9.94. The van der Waals surface area contributed by atoms with E-state index in [0.717, 1.165) is 8.58 Å². The van der Waals surface area contributed by atoms with Crippen LogP contribution in [0.15, 0.2) is 0 Å². The zero-order valence-electron chi connectivity index (χ0n) is 6.41. The molecule has 0 aromatic carbocycles. The molecule has 1 atom stereocenters. The van der Waals surface area contributed by atoms with Gasteiger partial charge in [0.05, 0.1) is 0 Å². The summed E-state index contributed by atoms with van der Waals surface area (Å²) in [5.74, 6) is 0. The monoisotopic (exact) mass is 132 g/mol. The van der Waals surface area contributed by atoms with Crippen molar-refractivity contribution in [2.75, 3.05) is 12.8 Å². The van der Waals surface area contributed by atoms with Gasteiger partial charge in [-0.15, -0.1) is 8.58 Å². The summed E-state index contributed by atoms with van der Waals surface area (Å²) in [6.07, 6.45) is 2.78. The van der Waals surface area contributed by atoms with Gasteiger partial charge < -0.3 is 0 Å². The first-order chi connectivity index (χ1) is 3.56. The van der Waals surface area contributed by atoms with Gasteiger partial charge in [-0.2, -0.15) is 0 Å². The lowest BCUT2D eigenvalue weighted by Gasteiger charge is -2.16. The van der Waals surface area contributed by atoms with Gasteiger partial charge in [-0.05, 0) is 24.7 Å². The van der Waals surface area contributed by atoms with E-state index in [-0.39, 0.29) is 0 Å². The molecule has 8 heavy (non-hydrogen) atoms. The second-order valence-corrected chi connectivity index (χ2v) is 4.62. The van der Waals surface area contributed by atoms with Gasteiger partial charge in [0, 0.05) is 0 Å². The molecule has 0 saturated carbocycles. The lowest BCUT2D eigenvalue weighted by Crippen LogP contribution is -2.04. The first kappa shape index (κ1) is 8.43. The van der Waals surface area contributed by atoms with E-state index in [1.54, 1.807) is 0 Å². The molecular formula is C7H17P. The maximum absolute atomic E-state index is 2.30. The van der Waals surface area contributed by atoms with E-state index in [2.05, 4.69) is 27.4 Å². The van der Waals surface area contributed by atoms with Crippen LogP contribution in [0.5, 0.6) is 0 Å². The highest BCUT2D eigenvalue weighted by atomic mass is 31.1. The molecule has 0 aliphatic heterocycles. The quantitative estimate of drug-likeness (QED) is 0.507. The Hall–Kier alpha value is 0.430. The van der Waals surface area contributed by atoms with Crippen LogP contribution < -0.4 is 0 Å². The molecule has 1 heteroatoms. The van der Waals surface area contributed by atoms with Crippen LogP contribution in [0.4, 0.5) is 0 Å². The zero-order chi connectivity index (χ0) is 6.62. The van der Waals surface area contributed by atoms with Crippen molar-refractivity contribution < 1.29 is 0 Å². The highest BCUT2D eigenvalue weighted by Gasteiger charge is 2.07. The molecular weight excluding hydrogens is 115 g/mol. The molecule has 0 spiro atoms. The van der Waals surface area contributed by atoms with E-state index in [0.29, 0.717) is 5.41 Å². The maximum Gasteiger partial charge on any atom is -0.0351 e. The number of hydrogen-bond donors (Lipinski definition) is 0. The fourth-order valence-corrected chi connectivity index (χ4v) is 1.50. The van der Waals surface area contributed by atoms with Crippen molar-refractivity contribution in [3.05, 3.63) is 0 Å². The Morgan fingerprint density at radius 1 is 1.25 bits per heavy atom. The van der Waals surface area contributed by atoms with E-state index in [1.165, 1.54) is 12.6 Å². The molecule has 1 unspecified atom stereocenters. The lowest BCUT2D eigenvalue weighted by molar-refractivity contribution is 0.401. The molecule has 0 nitrogen and oxygen atoms in total. The molecule has 0 aromatic rings. The van der Waals surface area contributed by atoms with E-state index in [4.69, 9.17) is 0 Å². The molecule has 0 aliphatic rings. The Bertz CT molecular complexity index is 51.9. The number of rotatable bonds is 2. The van der Waals surface area contributed by atoms with Crippen molar-refractivity contribution in [2.45, 2.75) is 27.2 Å². The third kappa shape index (κ3) is 6.43. The molecule has 0 amide bonds. The Morgan fingerprint density at radius 2 is 1.75 bits per heavy atom. The summed E-state index contributed by atoms with van der Waals surface area (Å²) in [6.45, 7) is 9.17. The van der Waals surface area contributed by atoms with Crippen LogP contribution in [-0.2, 0) is 0 Å². The highest BCUT2D eigenvalue weighted by Crippen LogP contribution is 2.21. The van der Waals surface area contributed by atoms with E-state index < -0.39 is 0 Å². The molecule has 0 bridgehead atoms. The number of hydrogen-bond acceptors (Lipinski definition) is 0. The van der Waals surface area contributed by atoms with Gasteiger partial charge in [0.25, 0.3) is 0 Å². The van der Waals surface area contributed by atoms with Gasteiger partial charge in [0.1, 0.15) is 0 Å².